The predicted octanol–water partition coefficient (Wildman–Crippen LogP) is 4.08. The molecule has 8 nitrogen and oxygen atoms in total. The van der Waals surface area contributed by atoms with Gasteiger partial charge in [0.15, 0.2) is 11.0 Å². The number of fused-ring (bicyclic) bond motifs is 1. The number of ether oxygens (including phenoxy) is 1. The van der Waals surface area contributed by atoms with Crippen LogP contribution in [0.4, 0.5) is 10.2 Å². The highest BCUT2D eigenvalue weighted by molar-refractivity contribution is 7.99. The van der Waals surface area contributed by atoms with Crippen molar-refractivity contribution in [3.05, 3.63) is 46.9 Å². The number of anilines is 1. The first-order valence-electron chi connectivity index (χ1n) is 11.9. The summed E-state index contributed by atoms with van der Waals surface area (Å²) >= 11 is 1.22. The molecule has 0 saturated carbocycles. The van der Waals surface area contributed by atoms with Crippen molar-refractivity contribution < 1.29 is 13.9 Å². The lowest BCUT2D eigenvalue weighted by Crippen LogP contribution is -2.23. The zero-order valence-electron chi connectivity index (χ0n) is 19.6. The molecule has 1 amide bonds. The van der Waals surface area contributed by atoms with Gasteiger partial charge in [-0.05, 0) is 56.2 Å². The molecule has 10 heteroatoms. The van der Waals surface area contributed by atoms with Gasteiger partial charge in [0.2, 0.25) is 5.91 Å². The summed E-state index contributed by atoms with van der Waals surface area (Å²) < 4.78 is 23.8. The third-order valence-corrected chi connectivity index (χ3v) is 7.66. The van der Waals surface area contributed by atoms with Crippen LogP contribution in [0.25, 0.3) is 11.4 Å². The first kappa shape index (κ1) is 23.6. The van der Waals surface area contributed by atoms with E-state index < -0.39 is 0 Å². The number of benzene rings is 1. The quantitative estimate of drug-likeness (QED) is 0.497. The van der Waals surface area contributed by atoms with Crippen molar-refractivity contribution in [3.8, 4) is 17.5 Å². The van der Waals surface area contributed by atoms with Crippen LogP contribution in [0, 0.1) is 17.1 Å². The van der Waals surface area contributed by atoms with Crippen LogP contribution in [0.2, 0.25) is 0 Å². The molecular formula is C25H27FN6O2S. The second-order valence-corrected chi connectivity index (χ2v) is 9.84. The molecule has 1 aliphatic heterocycles. The Morgan fingerprint density at radius 3 is 2.89 bits per heavy atom. The molecule has 1 aromatic carbocycles. The molecule has 0 bridgehead atoms. The molecule has 182 valence electrons. The average Bonchev–Trinajstić information content (AvgIpc) is 3.58. The lowest BCUT2D eigenvalue weighted by atomic mass is 9.95. The molecule has 2 aromatic heterocycles. The van der Waals surface area contributed by atoms with E-state index in [0.29, 0.717) is 34.5 Å². The fourth-order valence-corrected chi connectivity index (χ4v) is 5.64. The van der Waals surface area contributed by atoms with Gasteiger partial charge in [0.25, 0.3) is 0 Å². The summed E-state index contributed by atoms with van der Waals surface area (Å²) in [4.78, 5) is 13.0. The van der Waals surface area contributed by atoms with Crippen LogP contribution in [0.15, 0.2) is 29.4 Å². The maximum Gasteiger partial charge on any atom is 0.235 e. The third kappa shape index (κ3) is 4.70. The van der Waals surface area contributed by atoms with Gasteiger partial charge < -0.3 is 19.2 Å². The number of nitrogens with one attached hydrogen (secondary N) is 1. The van der Waals surface area contributed by atoms with E-state index in [4.69, 9.17) is 4.74 Å². The van der Waals surface area contributed by atoms with E-state index in [0.717, 1.165) is 56.4 Å². The van der Waals surface area contributed by atoms with Crippen molar-refractivity contribution in [3.63, 3.8) is 0 Å². The minimum atomic E-state index is -0.378. The topological polar surface area (TPSA) is 97.8 Å². The zero-order valence-corrected chi connectivity index (χ0v) is 20.4. The Hall–Kier alpha value is -3.16. The molecule has 0 radical (unpaired) electrons. The fourth-order valence-electron chi connectivity index (χ4n) is 4.93. The Labute approximate surface area is 207 Å². The number of carbonyl (C=O) groups excluding carboxylic acids is 1. The average molecular weight is 495 g/mol. The van der Waals surface area contributed by atoms with Crippen LogP contribution in [0.3, 0.4) is 0 Å². The van der Waals surface area contributed by atoms with Crippen molar-refractivity contribution in [1.29, 1.82) is 5.26 Å². The van der Waals surface area contributed by atoms with Gasteiger partial charge in [0, 0.05) is 19.3 Å². The van der Waals surface area contributed by atoms with E-state index in [9.17, 15) is 14.4 Å². The van der Waals surface area contributed by atoms with Crippen molar-refractivity contribution >= 4 is 23.5 Å². The number of hydrogen-bond donors (Lipinski definition) is 1. The van der Waals surface area contributed by atoms with Crippen molar-refractivity contribution in [1.82, 2.24) is 19.3 Å². The van der Waals surface area contributed by atoms with Gasteiger partial charge in [0.1, 0.15) is 17.7 Å². The zero-order chi connectivity index (χ0) is 24.4. The van der Waals surface area contributed by atoms with Crippen LogP contribution in [0.5, 0.6) is 0 Å². The molecule has 1 N–H and O–H groups in total. The number of nitrogens with zero attached hydrogens (tertiary/aromatic N) is 5. The van der Waals surface area contributed by atoms with Crippen LogP contribution < -0.4 is 5.32 Å². The predicted molar refractivity (Wildman–Crippen MR) is 131 cm³/mol. The van der Waals surface area contributed by atoms with Crippen LogP contribution >= 0.6 is 11.8 Å². The lowest BCUT2D eigenvalue weighted by molar-refractivity contribution is -0.113. The first-order chi connectivity index (χ1) is 17.1. The Balaban J connectivity index is 1.34. The Morgan fingerprint density at radius 1 is 1.29 bits per heavy atom. The number of thioether (sulfide) groups is 1. The number of nitriles is 1. The van der Waals surface area contributed by atoms with E-state index in [1.165, 1.54) is 17.8 Å². The molecule has 1 unspecified atom stereocenters. The van der Waals surface area contributed by atoms with Crippen LogP contribution in [-0.2, 0) is 36.0 Å². The van der Waals surface area contributed by atoms with Crippen molar-refractivity contribution in [2.75, 3.05) is 17.7 Å². The van der Waals surface area contributed by atoms with Gasteiger partial charge in [-0.15, -0.1) is 10.2 Å². The van der Waals surface area contributed by atoms with Gasteiger partial charge in [-0.25, -0.2) is 4.39 Å². The number of rotatable bonds is 7. The number of aromatic nitrogens is 4. The maximum absolute atomic E-state index is 14.2. The van der Waals surface area contributed by atoms with E-state index in [2.05, 4.69) is 26.2 Å². The summed E-state index contributed by atoms with van der Waals surface area (Å²) in [6.07, 6.45) is 5.99. The van der Waals surface area contributed by atoms with Crippen LogP contribution in [-0.4, -0.2) is 43.7 Å². The number of carbonyl (C=O) groups is 1. The van der Waals surface area contributed by atoms with Gasteiger partial charge in [-0.1, -0.05) is 23.9 Å². The SMILES string of the molecule is Cn1c(SCC(=O)Nc2c(C#N)c3c(n2CC2CCCO2)CCCC3)nnc1-c1ccccc1F. The molecule has 5 rings (SSSR count). The second kappa shape index (κ2) is 10.2. The first-order valence-corrected chi connectivity index (χ1v) is 12.9. The molecule has 35 heavy (non-hydrogen) atoms. The molecule has 1 saturated heterocycles. The molecule has 2 aliphatic rings. The smallest absolute Gasteiger partial charge is 0.235 e. The monoisotopic (exact) mass is 494 g/mol. The molecular weight excluding hydrogens is 467 g/mol. The highest BCUT2D eigenvalue weighted by atomic mass is 32.2. The highest BCUT2D eigenvalue weighted by Gasteiger charge is 2.28. The molecule has 1 aliphatic carbocycles. The summed E-state index contributed by atoms with van der Waals surface area (Å²) in [5.41, 5.74) is 3.13. The molecule has 3 aromatic rings. The molecule has 1 fully saturated rings. The summed E-state index contributed by atoms with van der Waals surface area (Å²) in [6, 6.07) is 8.73. The maximum atomic E-state index is 14.2. The van der Waals surface area contributed by atoms with Gasteiger partial charge in [-0.3, -0.25) is 4.79 Å². The number of halogens is 1. The van der Waals surface area contributed by atoms with E-state index in [1.54, 1.807) is 29.8 Å². The standard InChI is InChI=1S/C25H27FN6O2S/c1-31-24(18-9-2-4-10-20(18)26)29-30-25(31)35-15-22(33)28-23-19(13-27)17-8-3-5-11-21(17)32(23)14-16-7-6-12-34-16/h2,4,9-10,16H,3,5-8,11-12,14-15H2,1H3,(H,28,33). The lowest BCUT2D eigenvalue weighted by Gasteiger charge is -2.19. The van der Waals surface area contributed by atoms with Crippen LogP contribution in [0.1, 0.15) is 42.5 Å². The minimum Gasteiger partial charge on any atom is -0.376 e. The van der Waals surface area contributed by atoms with E-state index >= 15 is 0 Å². The second-order valence-electron chi connectivity index (χ2n) is 8.90. The summed E-state index contributed by atoms with van der Waals surface area (Å²) in [5.74, 6) is 0.452. The minimum absolute atomic E-state index is 0.0872. The Morgan fingerprint density at radius 2 is 2.11 bits per heavy atom. The fraction of sp³-hybridized carbons (Fsp3) is 0.440. The Kier molecular flexibility index (Phi) is 6.88. The molecule has 1 atom stereocenters. The van der Waals surface area contributed by atoms with E-state index in [1.807, 2.05) is 0 Å². The highest BCUT2D eigenvalue weighted by Crippen LogP contribution is 2.34. The Bertz CT molecular complexity index is 1290. The summed E-state index contributed by atoms with van der Waals surface area (Å²) in [7, 11) is 1.75. The van der Waals surface area contributed by atoms with Gasteiger partial charge in [-0.2, -0.15) is 5.26 Å². The van der Waals surface area contributed by atoms with Crippen molar-refractivity contribution in [2.24, 2.45) is 7.05 Å². The van der Waals surface area contributed by atoms with E-state index in [-0.39, 0.29) is 23.6 Å². The van der Waals surface area contributed by atoms with Gasteiger partial charge >= 0.3 is 0 Å². The number of amides is 1. The molecule has 0 spiro atoms. The van der Waals surface area contributed by atoms with Crippen molar-refractivity contribution in [2.45, 2.75) is 56.3 Å². The summed E-state index contributed by atoms with van der Waals surface area (Å²) in [5, 5.41) is 21.7. The third-order valence-electron chi connectivity index (χ3n) is 6.63. The van der Waals surface area contributed by atoms with Gasteiger partial charge in [0.05, 0.1) is 29.5 Å². The largest absolute Gasteiger partial charge is 0.376 e. The summed E-state index contributed by atoms with van der Waals surface area (Å²) in [6.45, 7) is 1.40. The molecule has 3 heterocycles. The normalized spacial score (nSPS) is 17.2. The number of hydrogen-bond acceptors (Lipinski definition) is 6.